The monoisotopic (exact) mass is 326 g/mol. The minimum Gasteiger partial charge on any atom is -0.497 e. The Balaban J connectivity index is 1.37. The minimum absolute atomic E-state index is 0.160. The first kappa shape index (κ1) is 15.2. The first-order chi connectivity index (χ1) is 11.7. The molecule has 126 valence electrons. The van der Waals surface area contributed by atoms with E-state index < -0.39 is 0 Å². The molecule has 1 aromatic carbocycles. The third kappa shape index (κ3) is 3.13. The van der Waals surface area contributed by atoms with Gasteiger partial charge in [-0.3, -0.25) is 4.79 Å². The fourth-order valence-corrected chi connectivity index (χ4v) is 3.29. The Hall–Kier alpha value is -2.37. The van der Waals surface area contributed by atoms with Crippen molar-refractivity contribution in [2.24, 2.45) is 0 Å². The number of hydrogen-bond donors (Lipinski definition) is 0. The highest BCUT2D eigenvalue weighted by Crippen LogP contribution is 2.39. The fourth-order valence-electron chi connectivity index (χ4n) is 3.29. The lowest BCUT2D eigenvalue weighted by Crippen LogP contribution is -2.30. The Kier molecular flexibility index (Phi) is 3.96. The van der Waals surface area contributed by atoms with Crippen LogP contribution in [0.15, 0.2) is 30.5 Å². The molecule has 1 unspecified atom stereocenters. The molecule has 1 saturated heterocycles. The summed E-state index contributed by atoms with van der Waals surface area (Å²) in [5, 5.41) is 8.55. The summed E-state index contributed by atoms with van der Waals surface area (Å²) in [7, 11) is 1.64. The molecule has 0 radical (unpaired) electrons. The molecule has 1 amide bonds. The van der Waals surface area contributed by atoms with Gasteiger partial charge in [-0.05, 0) is 37.0 Å². The number of rotatable bonds is 5. The van der Waals surface area contributed by atoms with E-state index in [2.05, 4.69) is 16.5 Å². The Bertz CT molecular complexity index is 738. The molecular weight excluding hydrogens is 304 g/mol. The van der Waals surface area contributed by atoms with Crippen LogP contribution in [0, 0.1) is 0 Å². The van der Waals surface area contributed by atoms with Gasteiger partial charge >= 0.3 is 0 Å². The summed E-state index contributed by atoms with van der Waals surface area (Å²) in [4.78, 5) is 14.5. The third-order valence-corrected chi connectivity index (χ3v) is 4.90. The van der Waals surface area contributed by atoms with Crippen LogP contribution in [0.25, 0.3) is 0 Å². The van der Waals surface area contributed by atoms with Crippen molar-refractivity contribution < 1.29 is 9.53 Å². The van der Waals surface area contributed by atoms with Crippen LogP contribution in [-0.2, 0) is 11.2 Å². The van der Waals surface area contributed by atoms with Gasteiger partial charge in [-0.1, -0.05) is 17.3 Å². The average molecular weight is 326 g/mol. The number of carbonyl (C=O) groups excluding carboxylic acids is 1. The van der Waals surface area contributed by atoms with Crippen LogP contribution in [-0.4, -0.2) is 46.0 Å². The van der Waals surface area contributed by atoms with Crippen LogP contribution >= 0.6 is 0 Å². The third-order valence-electron chi connectivity index (χ3n) is 4.90. The molecule has 2 heterocycles. The van der Waals surface area contributed by atoms with Gasteiger partial charge in [-0.25, -0.2) is 4.68 Å². The van der Waals surface area contributed by atoms with E-state index in [1.165, 1.54) is 12.8 Å². The molecule has 4 rings (SSSR count). The Labute approximate surface area is 141 Å². The van der Waals surface area contributed by atoms with Gasteiger partial charge in [0.05, 0.1) is 25.3 Å². The summed E-state index contributed by atoms with van der Waals surface area (Å²) in [5.41, 5.74) is 2.09. The summed E-state index contributed by atoms with van der Waals surface area (Å²) in [6, 6.07) is 7.95. The lowest BCUT2D eigenvalue weighted by molar-refractivity contribution is -0.129. The summed E-state index contributed by atoms with van der Waals surface area (Å²) in [6.07, 6.45) is 5.88. The molecule has 6 heteroatoms. The number of nitrogens with zero attached hydrogens (tertiary/aromatic N) is 4. The maximum absolute atomic E-state index is 12.6. The van der Waals surface area contributed by atoms with Gasteiger partial charge in [0.25, 0.3) is 0 Å². The molecule has 2 aromatic rings. The van der Waals surface area contributed by atoms with Crippen molar-refractivity contribution in [3.05, 3.63) is 41.7 Å². The Morgan fingerprint density at radius 2 is 2.21 bits per heavy atom. The molecular formula is C18H22N4O2. The van der Waals surface area contributed by atoms with Crippen LogP contribution in [0.4, 0.5) is 0 Å². The number of ether oxygens (including phenoxy) is 1. The quantitative estimate of drug-likeness (QED) is 0.845. The predicted molar refractivity (Wildman–Crippen MR) is 88.9 cm³/mol. The van der Waals surface area contributed by atoms with Crippen molar-refractivity contribution in [2.75, 3.05) is 20.2 Å². The van der Waals surface area contributed by atoms with Gasteiger partial charge in [0, 0.05) is 25.2 Å². The molecule has 0 spiro atoms. The zero-order valence-electron chi connectivity index (χ0n) is 13.9. The molecule has 6 nitrogen and oxygen atoms in total. The van der Waals surface area contributed by atoms with Crippen LogP contribution in [0.2, 0.25) is 0 Å². The molecule has 2 aliphatic rings. The van der Waals surface area contributed by atoms with Gasteiger partial charge in [0.2, 0.25) is 5.91 Å². The molecule has 0 N–H and O–H groups in total. The molecule has 1 aromatic heterocycles. The van der Waals surface area contributed by atoms with Crippen molar-refractivity contribution in [1.82, 2.24) is 19.9 Å². The van der Waals surface area contributed by atoms with Crippen LogP contribution in [0.3, 0.4) is 0 Å². The lowest BCUT2D eigenvalue weighted by Gasteiger charge is -2.16. The highest BCUT2D eigenvalue weighted by Gasteiger charge is 2.31. The number of aromatic nitrogens is 3. The van der Waals surface area contributed by atoms with Gasteiger partial charge in [0.15, 0.2) is 0 Å². The molecule has 24 heavy (non-hydrogen) atoms. The summed E-state index contributed by atoms with van der Waals surface area (Å²) in [6.45, 7) is 1.50. The topological polar surface area (TPSA) is 60.2 Å². The van der Waals surface area contributed by atoms with Crippen LogP contribution in [0.5, 0.6) is 5.75 Å². The maximum atomic E-state index is 12.6. The van der Waals surface area contributed by atoms with Gasteiger partial charge in [-0.2, -0.15) is 0 Å². The van der Waals surface area contributed by atoms with E-state index in [-0.39, 0.29) is 11.9 Å². The Morgan fingerprint density at radius 3 is 3.00 bits per heavy atom. The van der Waals surface area contributed by atoms with Crippen molar-refractivity contribution in [1.29, 1.82) is 0 Å². The summed E-state index contributed by atoms with van der Waals surface area (Å²) in [5.74, 6) is 1.56. The van der Waals surface area contributed by atoms with E-state index in [0.717, 1.165) is 36.5 Å². The fraction of sp³-hybridized carbons (Fsp3) is 0.500. The van der Waals surface area contributed by atoms with E-state index in [1.807, 2.05) is 33.8 Å². The summed E-state index contributed by atoms with van der Waals surface area (Å²) >= 11 is 0. The Morgan fingerprint density at radius 1 is 1.33 bits per heavy atom. The average Bonchev–Trinajstić information content (AvgIpc) is 3.13. The van der Waals surface area contributed by atoms with Gasteiger partial charge in [0.1, 0.15) is 5.75 Å². The second-order valence-electron chi connectivity index (χ2n) is 6.71. The van der Waals surface area contributed by atoms with Crippen molar-refractivity contribution in [3.8, 4) is 5.75 Å². The molecule has 0 bridgehead atoms. The van der Waals surface area contributed by atoms with Gasteiger partial charge < -0.3 is 9.64 Å². The standard InChI is InChI=1S/C18H22N4O2/c1-24-16-4-2-3-13(9-16)10-18(23)21-8-7-15(11-21)22-12-17(19-20-22)14-5-6-14/h2-4,9,12,14-15H,5-8,10-11H2,1H3. The molecule has 1 saturated carbocycles. The van der Waals surface area contributed by atoms with E-state index >= 15 is 0 Å². The smallest absolute Gasteiger partial charge is 0.227 e. The molecule has 1 aliphatic carbocycles. The zero-order valence-corrected chi connectivity index (χ0v) is 13.9. The van der Waals surface area contributed by atoms with Crippen molar-refractivity contribution >= 4 is 5.91 Å². The highest BCUT2D eigenvalue weighted by atomic mass is 16.5. The second kappa shape index (κ2) is 6.26. The largest absolute Gasteiger partial charge is 0.497 e. The summed E-state index contributed by atoms with van der Waals surface area (Å²) < 4.78 is 7.17. The van der Waals surface area contributed by atoms with Crippen molar-refractivity contribution in [2.45, 2.75) is 37.6 Å². The normalized spacial score (nSPS) is 20.4. The maximum Gasteiger partial charge on any atom is 0.227 e. The van der Waals surface area contributed by atoms with E-state index in [0.29, 0.717) is 12.3 Å². The number of methoxy groups -OCH3 is 1. The van der Waals surface area contributed by atoms with E-state index in [4.69, 9.17) is 4.74 Å². The first-order valence-electron chi connectivity index (χ1n) is 8.55. The number of hydrogen-bond acceptors (Lipinski definition) is 4. The zero-order chi connectivity index (χ0) is 16.5. The van der Waals surface area contributed by atoms with Crippen LogP contribution in [0.1, 0.15) is 42.5 Å². The minimum atomic E-state index is 0.160. The SMILES string of the molecule is COc1cccc(CC(=O)N2CCC(n3cc(C4CC4)nn3)C2)c1. The molecule has 2 fully saturated rings. The number of likely N-dealkylation sites (tertiary alicyclic amines) is 1. The first-order valence-corrected chi connectivity index (χ1v) is 8.55. The highest BCUT2D eigenvalue weighted by molar-refractivity contribution is 5.79. The van der Waals surface area contributed by atoms with E-state index in [1.54, 1.807) is 7.11 Å². The van der Waals surface area contributed by atoms with Crippen LogP contribution < -0.4 is 4.74 Å². The van der Waals surface area contributed by atoms with Gasteiger partial charge in [-0.15, -0.1) is 5.10 Å². The van der Waals surface area contributed by atoms with Crippen molar-refractivity contribution in [3.63, 3.8) is 0 Å². The number of carbonyl (C=O) groups is 1. The molecule has 1 atom stereocenters. The lowest BCUT2D eigenvalue weighted by atomic mass is 10.1. The molecule has 1 aliphatic heterocycles. The number of amides is 1. The second-order valence-corrected chi connectivity index (χ2v) is 6.71. The number of benzene rings is 1. The van der Waals surface area contributed by atoms with E-state index in [9.17, 15) is 4.79 Å². The predicted octanol–water partition coefficient (Wildman–Crippen LogP) is 2.18.